The van der Waals surface area contributed by atoms with Crippen LogP contribution in [0.3, 0.4) is 0 Å². The Morgan fingerprint density at radius 2 is 2.19 bits per heavy atom. The Morgan fingerprint density at radius 3 is 2.62 bits per heavy atom. The molecule has 16 heavy (non-hydrogen) atoms. The van der Waals surface area contributed by atoms with Crippen LogP contribution in [0.2, 0.25) is 0 Å². The van der Waals surface area contributed by atoms with E-state index in [1.807, 2.05) is 6.92 Å². The first-order valence-corrected chi connectivity index (χ1v) is 6.56. The summed E-state index contributed by atoms with van der Waals surface area (Å²) in [7, 11) is 0. The van der Waals surface area contributed by atoms with E-state index in [0.29, 0.717) is 11.3 Å². The maximum atomic E-state index is 11.4. The van der Waals surface area contributed by atoms with Gasteiger partial charge in [-0.05, 0) is 55.8 Å². The predicted octanol–water partition coefficient (Wildman–Crippen LogP) is 3.84. The Hall–Kier alpha value is -0.590. The van der Waals surface area contributed by atoms with Crippen LogP contribution in [0.15, 0.2) is 12.2 Å². The molecule has 1 nitrogen and oxygen atoms in total. The molecule has 4 unspecified atom stereocenters. The van der Waals surface area contributed by atoms with Crippen LogP contribution < -0.4 is 0 Å². The number of allylic oxidation sites excluding steroid dienone is 1. The standard InChI is InChI=1S/C15H24O/c1-10(2)7-12(9-16)14-11-5-6-13(8-11)15(14,3)4/h9,11-14H,1,5-8H2,2-4H3. The molecule has 4 atom stereocenters. The zero-order chi connectivity index (χ0) is 11.9. The molecule has 1 heteroatoms. The third kappa shape index (κ3) is 1.74. The van der Waals surface area contributed by atoms with Crippen molar-refractivity contribution >= 4 is 6.29 Å². The van der Waals surface area contributed by atoms with Crippen molar-refractivity contribution in [2.24, 2.45) is 29.1 Å². The first-order chi connectivity index (χ1) is 7.46. The minimum absolute atomic E-state index is 0.211. The monoisotopic (exact) mass is 220 g/mol. The first-order valence-electron chi connectivity index (χ1n) is 6.56. The Labute approximate surface area is 99.3 Å². The second-order valence-corrected chi connectivity index (χ2v) is 6.58. The Balaban J connectivity index is 2.18. The summed E-state index contributed by atoms with van der Waals surface area (Å²) in [5.41, 5.74) is 1.51. The molecule has 0 aliphatic heterocycles. The summed E-state index contributed by atoms with van der Waals surface area (Å²) in [5, 5.41) is 0. The maximum Gasteiger partial charge on any atom is 0.123 e. The number of hydrogen-bond acceptors (Lipinski definition) is 1. The van der Waals surface area contributed by atoms with Gasteiger partial charge in [-0.2, -0.15) is 0 Å². The minimum Gasteiger partial charge on any atom is -0.303 e. The highest BCUT2D eigenvalue weighted by Crippen LogP contribution is 2.61. The van der Waals surface area contributed by atoms with Crippen molar-refractivity contribution in [2.75, 3.05) is 0 Å². The van der Waals surface area contributed by atoms with E-state index in [2.05, 4.69) is 20.4 Å². The lowest BCUT2D eigenvalue weighted by atomic mass is 9.63. The molecule has 2 bridgehead atoms. The lowest BCUT2D eigenvalue weighted by molar-refractivity contribution is -0.115. The molecule has 0 saturated heterocycles. The molecule has 0 aromatic rings. The van der Waals surface area contributed by atoms with Crippen molar-refractivity contribution in [3.05, 3.63) is 12.2 Å². The van der Waals surface area contributed by atoms with Crippen LogP contribution in [-0.4, -0.2) is 6.29 Å². The van der Waals surface area contributed by atoms with Gasteiger partial charge >= 0.3 is 0 Å². The fraction of sp³-hybridized carbons (Fsp3) is 0.800. The normalized spacial score (nSPS) is 37.3. The van der Waals surface area contributed by atoms with Crippen LogP contribution in [0, 0.1) is 29.1 Å². The van der Waals surface area contributed by atoms with E-state index < -0.39 is 0 Å². The van der Waals surface area contributed by atoms with E-state index in [4.69, 9.17) is 0 Å². The van der Waals surface area contributed by atoms with E-state index in [1.54, 1.807) is 0 Å². The molecule has 90 valence electrons. The molecule has 2 aliphatic rings. The van der Waals surface area contributed by atoms with Crippen LogP contribution in [0.4, 0.5) is 0 Å². The van der Waals surface area contributed by atoms with Crippen LogP contribution in [0.25, 0.3) is 0 Å². The second-order valence-electron chi connectivity index (χ2n) is 6.58. The van der Waals surface area contributed by atoms with Crippen LogP contribution in [0.1, 0.15) is 46.5 Å². The highest BCUT2D eigenvalue weighted by Gasteiger charge is 2.54. The van der Waals surface area contributed by atoms with Gasteiger partial charge < -0.3 is 4.79 Å². The summed E-state index contributed by atoms with van der Waals surface area (Å²) >= 11 is 0. The van der Waals surface area contributed by atoms with Gasteiger partial charge in [0.15, 0.2) is 0 Å². The van der Waals surface area contributed by atoms with Gasteiger partial charge in [-0.3, -0.25) is 0 Å². The Morgan fingerprint density at radius 1 is 1.50 bits per heavy atom. The van der Waals surface area contributed by atoms with E-state index >= 15 is 0 Å². The largest absolute Gasteiger partial charge is 0.303 e. The Kier molecular flexibility index (Phi) is 2.98. The van der Waals surface area contributed by atoms with Gasteiger partial charge in [0.05, 0.1) is 0 Å². The average molecular weight is 220 g/mol. The van der Waals surface area contributed by atoms with Crippen molar-refractivity contribution in [1.29, 1.82) is 0 Å². The number of hydrogen-bond donors (Lipinski definition) is 0. The third-order valence-corrected chi connectivity index (χ3v) is 5.11. The quantitative estimate of drug-likeness (QED) is 0.519. The molecule has 0 aromatic carbocycles. The van der Waals surface area contributed by atoms with Crippen molar-refractivity contribution in [2.45, 2.75) is 46.5 Å². The number of carbonyl (C=O) groups is 1. The Bertz CT molecular complexity index is 303. The highest BCUT2D eigenvalue weighted by molar-refractivity contribution is 5.55. The van der Waals surface area contributed by atoms with Crippen molar-refractivity contribution in [3.8, 4) is 0 Å². The zero-order valence-corrected chi connectivity index (χ0v) is 10.8. The molecule has 0 aromatic heterocycles. The molecule has 0 radical (unpaired) electrons. The van der Waals surface area contributed by atoms with E-state index in [1.165, 1.54) is 25.5 Å². The lowest BCUT2D eigenvalue weighted by Crippen LogP contribution is -2.36. The van der Waals surface area contributed by atoms with Gasteiger partial charge in [0.2, 0.25) is 0 Å². The molecular weight excluding hydrogens is 196 g/mol. The van der Waals surface area contributed by atoms with Gasteiger partial charge in [-0.1, -0.05) is 19.4 Å². The van der Waals surface area contributed by atoms with E-state index in [0.717, 1.165) is 23.8 Å². The van der Waals surface area contributed by atoms with Gasteiger partial charge in [0, 0.05) is 5.92 Å². The lowest BCUT2D eigenvalue weighted by Gasteiger charge is -2.41. The van der Waals surface area contributed by atoms with Crippen LogP contribution in [-0.2, 0) is 4.79 Å². The fourth-order valence-electron chi connectivity index (χ4n) is 4.46. The minimum atomic E-state index is 0.211. The fourth-order valence-corrected chi connectivity index (χ4v) is 4.46. The average Bonchev–Trinajstić information content (AvgIpc) is 2.72. The molecular formula is C15H24O. The van der Waals surface area contributed by atoms with Gasteiger partial charge in [-0.15, -0.1) is 6.58 Å². The molecule has 2 saturated carbocycles. The summed E-state index contributed by atoms with van der Waals surface area (Å²) < 4.78 is 0. The SMILES string of the molecule is C=C(C)CC(C=O)C1C2CCC(C2)C1(C)C. The predicted molar refractivity (Wildman–Crippen MR) is 67.1 cm³/mol. The third-order valence-electron chi connectivity index (χ3n) is 5.11. The van der Waals surface area contributed by atoms with Crippen LogP contribution in [0.5, 0.6) is 0 Å². The van der Waals surface area contributed by atoms with E-state index in [9.17, 15) is 4.79 Å². The maximum absolute atomic E-state index is 11.4. The summed E-state index contributed by atoms with van der Waals surface area (Å²) in [6.07, 6.45) is 6.17. The highest BCUT2D eigenvalue weighted by atomic mass is 16.1. The second kappa shape index (κ2) is 4.01. The summed E-state index contributed by atoms with van der Waals surface area (Å²) in [5.74, 6) is 2.47. The molecule has 0 heterocycles. The van der Waals surface area contributed by atoms with Crippen molar-refractivity contribution in [1.82, 2.24) is 0 Å². The number of aldehydes is 1. The smallest absolute Gasteiger partial charge is 0.123 e. The summed E-state index contributed by atoms with van der Waals surface area (Å²) in [6, 6.07) is 0. The molecule has 2 aliphatic carbocycles. The van der Waals surface area contributed by atoms with E-state index in [-0.39, 0.29) is 5.92 Å². The zero-order valence-electron chi connectivity index (χ0n) is 10.8. The molecule has 0 N–H and O–H groups in total. The van der Waals surface area contributed by atoms with Gasteiger partial charge in [-0.25, -0.2) is 0 Å². The summed E-state index contributed by atoms with van der Waals surface area (Å²) in [6.45, 7) is 10.7. The van der Waals surface area contributed by atoms with Gasteiger partial charge in [0.1, 0.15) is 6.29 Å². The summed E-state index contributed by atoms with van der Waals surface area (Å²) in [4.78, 5) is 11.4. The molecule has 2 fully saturated rings. The molecule has 0 amide bonds. The van der Waals surface area contributed by atoms with Crippen molar-refractivity contribution < 1.29 is 4.79 Å². The molecule has 2 rings (SSSR count). The first kappa shape index (κ1) is 11.9. The van der Waals surface area contributed by atoms with Crippen molar-refractivity contribution in [3.63, 3.8) is 0 Å². The number of rotatable bonds is 4. The number of carbonyl (C=O) groups excluding carboxylic acids is 1. The molecule has 0 spiro atoms. The van der Waals surface area contributed by atoms with Crippen LogP contribution >= 0.6 is 0 Å². The number of fused-ring (bicyclic) bond motifs is 2. The van der Waals surface area contributed by atoms with Gasteiger partial charge in [0.25, 0.3) is 0 Å². The topological polar surface area (TPSA) is 17.1 Å².